The van der Waals surface area contributed by atoms with Gasteiger partial charge in [-0.2, -0.15) is 0 Å². The average Bonchev–Trinajstić information content (AvgIpc) is 1.46. The zero-order valence-electron chi connectivity index (χ0n) is 55.5. The van der Waals surface area contributed by atoms with Crippen molar-refractivity contribution in [1.29, 1.82) is 0 Å². The summed E-state index contributed by atoms with van der Waals surface area (Å²) in [5.41, 5.74) is 37.5. The molecule has 0 bridgehead atoms. The minimum absolute atomic E-state index is 0.425. The smallest absolute Gasteiger partial charge is 0.135 e. The van der Waals surface area contributed by atoms with Crippen molar-refractivity contribution < 1.29 is 4.42 Å². The van der Waals surface area contributed by atoms with Gasteiger partial charge in [0.2, 0.25) is 0 Å². The van der Waals surface area contributed by atoms with Gasteiger partial charge in [0.15, 0.2) is 0 Å². The normalized spacial score (nSPS) is 18.7. The van der Waals surface area contributed by atoms with E-state index in [9.17, 15) is 0 Å². The first-order valence-corrected chi connectivity index (χ1v) is 36.5. The highest BCUT2D eigenvalue weighted by Gasteiger charge is 2.62. The maximum absolute atomic E-state index is 6.26. The second kappa shape index (κ2) is 20.6. The van der Waals surface area contributed by atoms with E-state index < -0.39 is 21.7 Å². The van der Waals surface area contributed by atoms with Crippen LogP contribution in [0.1, 0.15) is 89.0 Å². The van der Waals surface area contributed by atoms with Crippen LogP contribution in [0.5, 0.6) is 0 Å². The lowest BCUT2D eigenvalue weighted by atomic mass is 9.52. The van der Waals surface area contributed by atoms with E-state index >= 15 is 0 Å². The molecule has 0 N–H and O–H groups in total. The molecule has 6 aliphatic rings. The van der Waals surface area contributed by atoms with Crippen molar-refractivity contribution in [2.75, 3.05) is 0 Å². The van der Waals surface area contributed by atoms with Gasteiger partial charge >= 0.3 is 0 Å². The molecule has 16 aromatic carbocycles. The van der Waals surface area contributed by atoms with Crippen LogP contribution in [-0.2, 0) is 21.7 Å². The summed E-state index contributed by atoms with van der Waals surface area (Å²) >= 11 is 1.88. The van der Waals surface area contributed by atoms with E-state index in [1.54, 1.807) is 0 Å². The molecule has 2 spiro atoms. The highest BCUT2D eigenvalue weighted by molar-refractivity contribution is 7.25. The third-order valence-electron chi connectivity index (χ3n) is 24.3. The van der Waals surface area contributed by atoms with Crippen LogP contribution < -0.4 is 0 Å². The first kappa shape index (κ1) is 56.4. The molecule has 18 aromatic rings. The molecule has 2 heteroatoms. The van der Waals surface area contributed by atoms with Crippen molar-refractivity contribution in [2.24, 2.45) is 0 Å². The molecule has 24 rings (SSSR count). The molecule has 2 heterocycles. The second-order valence-electron chi connectivity index (χ2n) is 28.5. The van der Waals surface area contributed by atoms with E-state index in [4.69, 9.17) is 4.42 Å². The van der Waals surface area contributed by atoms with Gasteiger partial charge in [-0.1, -0.05) is 328 Å². The van der Waals surface area contributed by atoms with Gasteiger partial charge in [0.05, 0.1) is 21.7 Å². The van der Waals surface area contributed by atoms with Gasteiger partial charge in [-0.3, -0.25) is 0 Å². The van der Waals surface area contributed by atoms with Crippen molar-refractivity contribution in [3.63, 3.8) is 0 Å². The Balaban J connectivity index is 0.000000126. The first-order chi connectivity index (χ1) is 50.6. The van der Waals surface area contributed by atoms with Crippen molar-refractivity contribution in [2.45, 2.75) is 21.7 Å². The lowest BCUT2D eigenvalue weighted by molar-refractivity contribution is 0.636. The Kier molecular flexibility index (Phi) is 11.4. The third kappa shape index (κ3) is 6.84. The summed E-state index contributed by atoms with van der Waals surface area (Å²) in [5, 5.41) is 4.97. The maximum Gasteiger partial charge on any atom is 0.135 e. The molecule has 0 radical (unpaired) electrons. The Labute approximate surface area is 595 Å². The fourth-order valence-electron chi connectivity index (χ4n) is 20.8. The Morgan fingerprint density at radius 1 is 0.196 bits per heavy atom. The van der Waals surface area contributed by atoms with Crippen molar-refractivity contribution in [3.05, 3.63) is 453 Å². The Bertz CT molecular complexity index is 6260. The monoisotopic (exact) mass is 1310 g/mol. The maximum atomic E-state index is 6.26. The molecular weight excluding hydrogens is 1250 g/mol. The highest BCUT2D eigenvalue weighted by Crippen LogP contribution is 2.72. The molecule has 0 saturated carbocycles. The Morgan fingerprint density at radius 2 is 0.539 bits per heavy atom. The van der Waals surface area contributed by atoms with Gasteiger partial charge in [-0.05, 0) is 192 Å². The lowest BCUT2D eigenvalue weighted by Gasteiger charge is -2.48. The van der Waals surface area contributed by atoms with E-state index in [0.29, 0.717) is 0 Å². The zero-order chi connectivity index (χ0) is 66.6. The van der Waals surface area contributed by atoms with Crippen molar-refractivity contribution in [3.8, 4) is 66.8 Å². The molecule has 6 aliphatic carbocycles. The molecule has 4 unspecified atom stereocenters. The minimum atomic E-state index is -0.503. The number of benzene rings is 16. The first-order valence-electron chi connectivity index (χ1n) is 35.7. The number of fused-ring (bicyclic) bond motifs is 30. The molecule has 1 nitrogen and oxygen atoms in total. The standard InChI is InChI=1S/C50H30O.C50H30S/c2*1-2-14-32(15-3-1)49-39-21-7-4-16-34(39)36-20-13-26-44(48(36)49)50(42-24-10-9-23-41(42)49)40-22-8-5-18-37(40)47-33(19-12-25-43(47)50)31-28-29-46-38(30-31)35-17-6-11-27-45(35)51-46/h2*1-30H. The van der Waals surface area contributed by atoms with Crippen LogP contribution in [0.3, 0.4) is 0 Å². The van der Waals surface area contributed by atoms with E-state index in [1.807, 2.05) is 17.4 Å². The molecule has 0 saturated heterocycles. The summed E-state index contributed by atoms with van der Waals surface area (Å²) in [6, 6.07) is 137. The van der Waals surface area contributed by atoms with E-state index in [0.717, 1.165) is 21.9 Å². The van der Waals surface area contributed by atoms with Gasteiger partial charge in [-0.25, -0.2) is 0 Å². The topological polar surface area (TPSA) is 13.1 Å². The molecule has 102 heavy (non-hydrogen) atoms. The van der Waals surface area contributed by atoms with E-state index in [-0.39, 0.29) is 0 Å². The van der Waals surface area contributed by atoms with Crippen LogP contribution in [0.2, 0.25) is 0 Å². The Morgan fingerprint density at radius 3 is 1.06 bits per heavy atom. The van der Waals surface area contributed by atoms with Gasteiger partial charge < -0.3 is 4.42 Å². The quantitative estimate of drug-likeness (QED) is 0.171. The van der Waals surface area contributed by atoms with Gasteiger partial charge in [-0.15, -0.1) is 11.3 Å². The van der Waals surface area contributed by atoms with Crippen LogP contribution in [-0.4, -0.2) is 0 Å². The van der Waals surface area contributed by atoms with Gasteiger partial charge in [0.25, 0.3) is 0 Å². The molecule has 472 valence electrons. The number of hydrogen-bond donors (Lipinski definition) is 0. The third-order valence-corrected chi connectivity index (χ3v) is 25.5. The fourth-order valence-corrected chi connectivity index (χ4v) is 21.9. The average molecular weight is 1310 g/mol. The van der Waals surface area contributed by atoms with Crippen LogP contribution in [0.15, 0.2) is 368 Å². The number of rotatable bonds is 4. The number of hydrogen-bond acceptors (Lipinski definition) is 2. The lowest BCUT2D eigenvalue weighted by Crippen LogP contribution is -2.43. The minimum Gasteiger partial charge on any atom is -0.456 e. The van der Waals surface area contributed by atoms with Crippen LogP contribution in [0.4, 0.5) is 0 Å². The molecule has 4 atom stereocenters. The van der Waals surface area contributed by atoms with Crippen molar-refractivity contribution in [1.82, 2.24) is 0 Å². The van der Waals surface area contributed by atoms with E-state index in [1.165, 1.54) is 176 Å². The molecule has 2 aromatic heterocycles. The highest BCUT2D eigenvalue weighted by atomic mass is 32.1. The summed E-state index contributed by atoms with van der Waals surface area (Å²) < 4.78 is 8.94. The summed E-state index contributed by atoms with van der Waals surface area (Å²) in [7, 11) is 0. The predicted molar refractivity (Wildman–Crippen MR) is 420 cm³/mol. The summed E-state index contributed by atoms with van der Waals surface area (Å²) in [5.74, 6) is 0. The van der Waals surface area contributed by atoms with Crippen LogP contribution >= 0.6 is 11.3 Å². The zero-order valence-corrected chi connectivity index (χ0v) is 56.3. The van der Waals surface area contributed by atoms with Gasteiger partial charge in [0.1, 0.15) is 11.2 Å². The summed E-state index contributed by atoms with van der Waals surface area (Å²) in [4.78, 5) is 0. The summed E-state index contributed by atoms with van der Waals surface area (Å²) in [6.07, 6.45) is 0. The second-order valence-corrected chi connectivity index (χ2v) is 29.6. The van der Waals surface area contributed by atoms with Crippen LogP contribution in [0, 0.1) is 0 Å². The number of thiophene rings is 1. The van der Waals surface area contributed by atoms with Crippen LogP contribution in [0.25, 0.3) is 109 Å². The Hall–Kier alpha value is -12.5. The molecule has 0 aliphatic heterocycles. The summed E-state index contributed by atoms with van der Waals surface area (Å²) in [6.45, 7) is 0. The number of para-hydroxylation sites is 1. The fraction of sp³-hybridized carbons (Fsp3) is 0.0400. The van der Waals surface area contributed by atoms with E-state index in [2.05, 4.69) is 358 Å². The van der Waals surface area contributed by atoms with Gasteiger partial charge in [0, 0.05) is 30.9 Å². The predicted octanol–water partition coefficient (Wildman–Crippen LogP) is 25.1. The molecular formula is C100H60OS. The van der Waals surface area contributed by atoms with Crippen molar-refractivity contribution >= 4 is 53.4 Å². The SMILES string of the molecule is c1ccc(C23c4ccccc4-c4cccc(c42)C2(c4ccccc4-c4c(-c5ccc6oc7ccccc7c6c5)cccc42)c2ccccc23)cc1.c1ccc(C23c4ccccc4-c4cccc(c42)C2(c4ccccc4-c4c(-c5ccc6sc7ccccc7c6c5)cccc42)c2ccccc23)cc1. The largest absolute Gasteiger partial charge is 0.456 e. The molecule has 0 amide bonds. The number of furan rings is 1. The molecule has 0 fully saturated rings.